The molecule has 2 fully saturated rings. The molecule has 2 heterocycles. The summed E-state index contributed by atoms with van der Waals surface area (Å²) in [6, 6.07) is 10.1. The van der Waals surface area contributed by atoms with Crippen molar-refractivity contribution in [1.82, 2.24) is 4.90 Å². The molecule has 3 rings (SSSR count). The summed E-state index contributed by atoms with van der Waals surface area (Å²) in [5.74, 6) is 0.463. The van der Waals surface area contributed by atoms with Crippen molar-refractivity contribution in [2.75, 3.05) is 11.5 Å². The van der Waals surface area contributed by atoms with Crippen molar-refractivity contribution in [3.05, 3.63) is 35.9 Å². The number of rotatable bonds is 2. The Labute approximate surface area is 123 Å². The quantitative estimate of drug-likeness (QED) is 0.782. The van der Waals surface area contributed by atoms with Gasteiger partial charge in [-0.05, 0) is 12.5 Å². The predicted molar refractivity (Wildman–Crippen MR) is 83.0 cm³/mol. The summed E-state index contributed by atoms with van der Waals surface area (Å²) in [7, 11) is -2.93. The molecule has 19 heavy (non-hydrogen) atoms. The molecule has 1 aromatic carbocycles. The molecule has 0 amide bonds. The molecule has 2 aliphatic rings. The van der Waals surface area contributed by atoms with Crippen molar-refractivity contribution in [3.63, 3.8) is 0 Å². The van der Waals surface area contributed by atoms with Gasteiger partial charge in [0, 0.05) is 11.8 Å². The maximum atomic E-state index is 11.9. The Morgan fingerprint density at radius 2 is 2.11 bits per heavy atom. The van der Waals surface area contributed by atoms with Gasteiger partial charge in [-0.1, -0.05) is 54.3 Å². The van der Waals surface area contributed by atoms with Gasteiger partial charge in [-0.2, -0.15) is 0 Å². The number of hydrogen-bond donors (Lipinski definition) is 0. The molecule has 2 saturated heterocycles. The summed E-state index contributed by atoms with van der Waals surface area (Å²) in [4.78, 5) is 2.09. The summed E-state index contributed by atoms with van der Waals surface area (Å²) in [5, 5.41) is 0.0775. The van der Waals surface area contributed by atoms with Gasteiger partial charge in [0.15, 0.2) is 9.84 Å². The number of thioether (sulfide) groups is 1. The average Bonchev–Trinajstić information content (AvgIpc) is 2.68. The minimum Gasteiger partial charge on any atom is -0.346 e. The zero-order valence-corrected chi connectivity index (χ0v) is 13.0. The second-order valence-electron chi connectivity index (χ2n) is 5.36. The van der Waals surface area contributed by atoms with Gasteiger partial charge in [-0.25, -0.2) is 8.42 Å². The lowest BCUT2D eigenvalue weighted by Gasteiger charge is -2.34. The molecular formula is C13H15NO2S3. The maximum absolute atomic E-state index is 11.9. The highest BCUT2D eigenvalue weighted by Crippen LogP contribution is 2.46. The molecule has 0 bridgehead atoms. The molecule has 0 saturated carbocycles. The smallest absolute Gasteiger partial charge is 0.153 e. The van der Waals surface area contributed by atoms with Gasteiger partial charge in [0.25, 0.3) is 0 Å². The molecule has 0 unspecified atom stereocenters. The van der Waals surface area contributed by atoms with E-state index in [1.807, 2.05) is 37.3 Å². The Bertz CT molecular complexity index is 614. The molecule has 6 heteroatoms. The van der Waals surface area contributed by atoms with Gasteiger partial charge < -0.3 is 4.90 Å². The van der Waals surface area contributed by atoms with Crippen molar-refractivity contribution < 1.29 is 8.42 Å². The van der Waals surface area contributed by atoms with E-state index in [0.29, 0.717) is 6.54 Å². The molecule has 0 aliphatic carbocycles. The molecule has 0 spiro atoms. The first-order valence-electron chi connectivity index (χ1n) is 6.13. The summed E-state index contributed by atoms with van der Waals surface area (Å²) < 4.78 is 24.6. The molecule has 0 radical (unpaired) electrons. The van der Waals surface area contributed by atoms with Gasteiger partial charge in [-0.15, -0.1) is 0 Å². The Kier molecular flexibility index (Phi) is 3.15. The minimum atomic E-state index is -2.93. The Hall–Kier alpha value is -0.590. The zero-order valence-electron chi connectivity index (χ0n) is 10.6. The highest BCUT2D eigenvalue weighted by atomic mass is 32.2. The number of sulfone groups is 1. The normalized spacial score (nSPS) is 32.6. The number of hydrogen-bond acceptors (Lipinski definition) is 4. The molecule has 102 valence electrons. The summed E-state index contributed by atoms with van der Waals surface area (Å²) >= 11 is 6.98. The van der Waals surface area contributed by atoms with E-state index in [1.165, 1.54) is 0 Å². The van der Waals surface area contributed by atoms with Crippen LogP contribution >= 0.6 is 24.0 Å². The van der Waals surface area contributed by atoms with Crippen LogP contribution in [0.25, 0.3) is 0 Å². The van der Waals surface area contributed by atoms with E-state index in [4.69, 9.17) is 12.2 Å². The van der Waals surface area contributed by atoms with Crippen LogP contribution in [-0.2, 0) is 16.4 Å². The van der Waals surface area contributed by atoms with Crippen LogP contribution in [0, 0.1) is 0 Å². The van der Waals surface area contributed by atoms with E-state index >= 15 is 0 Å². The third-order valence-corrected chi connectivity index (χ3v) is 7.84. The first-order chi connectivity index (χ1) is 8.91. The summed E-state index contributed by atoms with van der Waals surface area (Å²) in [5.41, 5.74) is 0.813. The maximum Gasteiger partial charge on any atom is 0.153 e. The molecule has 2 atom stereocenters. The van der Waals surface area contributed by atoms with E-state index < -0.39 is 9.84 Å². The Morgan fingerprint density at radius 3 is 2.79 bits per heavy atom. The largest absolute Gasteiger partial charge is 0.346 e. The molecule has 2 aliphatic heterocycles. The van der Waals surface area contributed by atoms with E-state index in [9.17, 15) is 8.42 Å². The molecule has 0 aromatic heterocycles. The number of nitrogens with zero attached hydrogens (tertiary/aromatic N) is 1. The highest BCUT2D eigenvalue weighted by Gasteiger charge is 2.56. The average molecular weight is 313 g/mol. The van der Waals surface area contributed by atoms with Crippen molar-refractivity contribution in [1.29, 1.82) is 0 Å². The first-order valence-corrected chi connectivity index (χ1v) is 9.24. The Morgan fingerprint density at radius 1 is 1.42 bits per heavy atom. The molecule has 3 nitrogen and oxygen atoms in total. The molecule has 1 aromatic rings. The topological polar surface area (TPSA) is 37.4 Å². The second-order valence-corrected chi connectivity index (χ2v) is 9.30. The van der Waals surface area contributed by atoms with Gasteiger partial charge >= 0.3 is 0 Å². The molecule has 0 N–H and O–H groups in total. The van der Waals surface area contributed by atoms with Crippen LogP contribution in [0.1, 0.15) is 12.5 Å². The van der Waals surface area contributed by atoms with E-state index in [0.717, 1.165) is 9.88 Å². The fraction of sp³-hybridized carbons (Fsp3) is 0.462. The van der Waals surface area contributed by atoms with Crippen molar-refractivity contribution >= 4 is 38.1 Å². The monoisotopic (exact) mass is 313 g/mol. The van der Waals surface area contributed by atoms with Gasteiger partial charge in [0.1, 0.15) is 4.32 Å². The van der Waals surface area contributed by atoms with Crippen molar-refractivity contribution in [2.45, 2.75) is 24.3 Å². The van der Waals surface area contributed by atoms with Crippen LogP contribution in [0.4, 0.5) is 0 Å². The first kappa shape index (κ1) is 13.4. The van der Waals surface area contributed by atoms with Gasteiger partial charge in [0.2, 0.25) is 0 Å². The van der Waals surface area contributed by atoms with Gasteiger partial charge in [-0.3, -0.25) is 0 Å². The van der Waals surface area contributed by atoms with Crippen LogP contribution < -0.4 is 0 Å². The van der Waals surface area contributed by atoms with Crippen molar-refractivity contribution in [2.24, 2.45) is 0 Å². The summed E-state index contributed by atoms with van der Waals surface area (Å²) in [6.45, 7) is 2.71. The summed E-state index contributed by atoms with van der Waals surface area (Å²) in [6.07, 6.45) is 0. The number of benzene rings is 1. The number of fused-ring (bicyclic) bond motifs is 1. The lowest BCUT2D eigenvalue weighted by atomic mass is 9.99. The van der Waals surface area contributed by atoms with Crippen molar-refractivity contribution in [3.8, 4) is 0 Å². The number of thiocarbonyl (C=S) groups is 1. The fourth-order valence-electron chi connectivity index (χ4n) is 2.82. The van der Waals surface area contributed by atoms with E-state index in [1.54, 1.807) is 11.8 Å². The van der Waals surface area contributed by atoms with Crippen LogP contribution in [-0.4, -0.2) is 39.9 Å². The van der Waals surface area contributed by atoms with E-state index in [2.05, 4.69) is 4.90 Å². The van der Waals surface area contributed by atoms with E-state index in [-0.39, 0.29) is 22.3 Å². The van der Waals surface area contributed by atoms with Gasteiger partial charge in [0.05, 0.1) is 17.0 Å². The SMILES string of the molecule is C[C@]12CS(=O)(=O)C[C@@H]1SC(=S)N2Cc1ccccc1. The Balaban J connectivity index is 1.91. The van der Waals surface area contributed by atoms with Crippen LogP contribution in [0.15, 0.2) is 30.3 Å². The standard InChI is InChI=1S/C13H15NO2S3/c1-13-9-19(15,16)8-11(13)18-12(17)14(13)7-10-5-3-2-4-6-10/h2-6,11H,7-9H2,1H3/t11-,13-/m0/s1. The fourth-order valence-corrected chi connectivity index (χ4v) is 7.74. The minimum absolute atomic E-state index is 0.0775. The second kappa shape index (κ2) is 4.46. The lowest BCUT2D eigenvalue weighted by molar-refractivity contribution is 0.238. The third kappa shape index (κ3) is 2.30. The predicted octanol–water partition coefficient (Wildman–Crippen LogP) is 2.08. The molecular weight excluding hydrogens is 298 g/mol. The van der Waals surface area contributed by atoms with Crippen LogP contribution in [0.5, 0.6) is 0 Å². The van der Waals surface area contributed by atoms with Crippen LogP contribution in [0.3, 0.4) is 0 Å². The zero-order chi connectivity index (χ0) is 13.7. The lowest BCUT2D eigenvalue weighted by Crippen LogP contribution is -2.48. The van der Waals surface area contributed by atoms with Crippen LogP contribution in [0.2, 0.25) is 0 Å². The highest BCUT2D eigenvalue weighted by molar-refractivity contribution is 8.24. The third-order valence-electron chi connectivity index (χ3n) is 3.87.